The maximum atomic E-state index is 14.8. The molecule has 0 saturated heterocycles. The van der Waals surface area contributed by atoms with Crippen molar-refractivity contribution < 1.29 is 4.39 Å². The van der Waals surface area contributed by atoms with Gasteiger partial charge in [0.05, 0.1) is 6.04 Å². The lowest BCUT2D eigenvalue weighted by atomic mass is 9.76. The lowest BCUT2D eigenvalue weighted by Gasteiger charge is -2.30. The van der Waals surface area contributed by atoms with Crippen molar-refractivity contribution >= 4 is 23.8 Å². The largest absolute Gasteiger partial charge is 0.357 e. The second kappa shape index (κ2) is 5.74. The summed E-state index contributed by atoms with van der Waals surface area (Å²) in [7, 11) is 1.82. The zero-order valence-corrected chi connectivity index (χ0v) is 14.2. The number of pyridine rings is 1. The van der Waals surface area contributed by atoms with Crippen LogP contribution in [0.3, 0.4) is 0 Å². The predicted molar refractivity (Wildman–Crippen MR) is 96.6 cm³/mol. The van der Waals surface area contributed by atoms with Crippen molar-refractivity contribution in [1.29, 1.82) is 0 Å². The molecule has 2 aromatic heterocycles. The third-order valence-corrected chi connectivity index (χ3v) is 4.92. The van der Waals surface area contributed by atoms with Gasteiger partial charge in [0, 0.05) is 28.2 Å². The fourth-order valence-corrected chi connectivity index (χ4v) is 3.81. The Hall–Kier alpha value is -2.14. The molecule has 1 aromatic carbocycles. The fraction of sp³-hybridized carbons (Fsp3) is 0.316. The molecule has 1 aliphatic rings. The first-order valence-electron chi connectivity index (χ1n) is 8.40. The van der Waals surface area contributed by atoms with E-state index in [-0.39, 0.29) is 18.0 Å². The highest BCUT2D eigenvalue weighted by atomic mass is 19.1. The van der Waals surface area contributed by atoms with Crippen molar-refractivity contribution in [3.05, 3.63) is 58.7 Å². The average Bonchev–Trinajstić information content (AvgIpc) is 2.93. The van der Waals surface area contributed by atoms with E-state index in [1.807, 2.05) is 33.2 Å². The summed E-state index contributed by atoms with van der Waals surface area (Å²) in [4.78, 5) is 7.61. The van der Waals surface area contributed by atoms with Crippen LogP contribution in [-0.4, -0.2) is 23.3 Å². The number of aromatic nitrogens is 2. The molecule has 24 heavy (non-hydrogen) atoms. The van der Waals surface area contributed by atoms with E-state index < -0.39 is 0 Å². The molecule has 4 rings (SSSR count). The van der Waals surface area contributed by atoms with E-state index in [0.717, 1.165) is 23.2 Å². The van der Waals surface area contributed by atoms with Crippen LogP contribution in [0.5, 0.6) is 0 Å². The molecule has 0 fully saturated rings. The van der Waals surface area contributed by atoms with Gasteiger partial charge in [-0.05, 0) is 49.1 Å². The van der Waals surface area contributed by atoms with Crippen molar-refractivity contribution in [1.82, 2.24) is 15.3 Å². The molecule has 121 valence electrons. The third-order valence-electron chi connectivity index (χ3n) is 4.92. The summed E-state index contributed by atoms with van der Waals surface area (Å²) in [5.74, 6) is -0.390. The van der Waals surface area contributed by atoms with Gasteiger partial charge in [-0.2, -0.15) is 4.39 Å². The van der Waals surface area contributed by atoms with Crippen molar-refractivity contribution in [2.75, 3.05) is 0 Å². The Morgan fingerprint density at radius 1 is 1.29 bits per heavy atom. The first kappa shape index (κ1) is 15.4. The number of aryl methyl sites for hydroxylation is 1. The fourth-order valence-electron chi connectivity index (χ4n) is 3.81. The number of nitrogens with one attached hydrogen (secondary N) is 2. The Labute approximate surface area is 141 Å². The normalized spacial score (nSPS) is 20.2. The maximum Gasteiger partial charge on any atom is 0.217 e. The van der Waals surface area contributed by atoms with Crippen LogP contribution >= 0.6 is 0 Å². The molecule has 2 atom stereocenters. The molecular formula is C19H20BFN3. The Kier molecular flexibility index (Phi) is 3.68. The molecular weight excluding hydrogens is 300 g/mol. The van der Waals surface area contributed by atoms with E-state index in [9.17, 15) is 4.39 Å². The van der Waals surface area contributed by atoms with E-state index in [4.69, 9.17) is 0 Å². The van der Waals surface area contributed by atoms with E-state index >= 15 is 0 Å². The van der Waals surface area contributed by atoms with Gasteiger partial charge in [0.2, 0.25) is 5.95 Å². The minimum absolute atomic E-state index is 0.199. The van der Waals surface area contributed by atoms with Crippen LogP contribution in [0.15, 0.2) is 30.3 Å². The first-order chi connectivity index (χ1) is 11.6. The van der Waals surface area contributed by atoms with Crippen LogP contribution < -0.4 is 10.9 Å². The Morgan fingerprint density at radius 3 is 2.83 bits per heavy atom. The molecule has 0 amide bonds. The highest BCUT2D eigenvalue weighted by molar-refractivity contribution is 6.50. The van der Waals surface area contributed by atoms with Gasteiger partial charge in [-0.15, -0.1) is 0 Å². The number of nitrogens with zero attached hydrogens (tertiary/aromatic N) is 1. The summed E-state index contributed by atoms with van der Waals surface area (Å²) in [6.45, 7) is 5.97. The quantitative estimate of drug-likeness (QED) is 0.563. The number of hydrogen-bond donors (Lipinski definition) is 2. The zero-order valence-electron chi connectivity index (χ0n) is 14.2. The van der Waals surface area contributed by atoms with Gasteiger partial charge in [-0.1, -0.05) is 25.0 Å². The topological polar surface area (TPSA) is 40.7 Å². The number of halogens is 1. The monoisotopic (exact) mass is 320 g/mol. The molecule has 0 aliphatic carbocycles. The molecule has 1 radical (unpaired) electrons. The van der Waals surface area contributed by atoms with Gasteiger partial charge in [-0.25, -0.2) is 4.98 Å². The molecule has 3 heterocycles. The Bertz CT molecular complexity index is 895. The predicted octanol–water partition coefficient (Wildman–Crippen LogP) is 3.01. The van der Waals surface area contributed by atoms with Gasteiger partial charge < -0.3 is 10.3 Å². The second-order valence-corrected chi connectivity index (χ2v) is 6.62. The van der Waals surface area contributed by atoms with Gasteiger partial charge >= 0.3 is 0 Å². The summed E-state index contributed by atoms with van der Waals surface area (Å²) in [6.07, 6.45) is 0.935. The number of aromatic amines is 1. The molecule has 2 N–H and O–H groups in total. The zero-order chi connectivity index (χ0) is 16.8. The van der Waals surface area contributed by atoms with E-state index in [1.54, 1.807) is 0 Å². The summed E-state index contributed by atoms with van der Waals surface area (Å²) in [5, 5.41) is 4.78. The van der Waals surface area contributed by atoms with Crippen molar-refractivity contribution in [3.63, 3.8) is 0 Å². The average molecular weight is 320 g/mol. The summed E-state index contributed by atoms with van der Waals surface area (Å²) in [6, 6.07) is 10.3. The van der Waals surface area contributed by atoms with Crippen LogP contribution in [-0.2, 0) is 6.42 Å². The Balaban J connectivity index is 1.92. The van der Waals surface area contributed by atoms with E-state index in [2.05, 4.69) is 40.4 Å². The highest BCUT2D eigenvalue weighted by Gasteiger charge is 2.31. The van der Waals surface area contributed by atoms with Crippen LogP contribution in [0.2, 0.25) is 6.82 Å². The number of para-hydroxylation sites is 1. The number of H-pyrrole nitrogens is 1. The molecule has 0 saturated carbocycles. The maximum absolute atomic E-state index is 14.8. The standard InChI is InChI=1S/C19H20BFN3/c1-10-8-15(20-3)24-19(21)16(10)18-17-13(9-11(2)22-18)12-6-4-5-7-14(12)23-17/h4-8,11,18,22-23H,9H2,1-3H3. The lowest BCUT2D eigenvalue weighted by Crippen LogP contribution is -2.39. The van der Waals surface area contributed by atoms with Crippen LogP contribution in [0.1, 0.15) is 35.3 Å². The molecule has 0 bridgehead atoms. The van der Waals surface area contributed by atoms with Gasteiger partial charge in [0.15, 0.2) is 7.28 Å². The van der Waals surface area contributed by atoms with Gasteiger partial charge in [0.1, 0.15) is 0 Å². The number of rotatable bonds is 2. The SMILES string of the molecule is C[B]c1cc(C)c(C2NC(C)Cc3c2[nH]c2ccccc32)c(F)n1. The summed E-state index contributed by atoms with van der Waals surface area (Å²) in [5.41, 5.74) is 5.69. The van der Waals surface area contributed by atoms with Crippen LogP contribution in [0.25, 0.3) is 10.9 Å². The smallest absolute Gasteiger partial charge is 0.217 e. The van der Waals surface area contributed by atoms with Crippen LogP contribution in [0, 0.1) is 12.9 Å². The number of fused-ring (bicyclic) bond motifs is 3. The van der Waals surface area contributed by atoms with Gasteiger partial charge in [-0.3, -0.25) is 0 Å². The van der Waals surface area contributed by atoms with E-state index in [0.29, 0.717) is 11.2 Å². The second-order valence-electron chi connectivity index (χ2n) is 6.62. The molecule has 1 aliphatic heterocycles. The van der Waals surface area contributed by atoms with Crippen LogP contribution in [0.4, 0.5) is 4.39 Å². The summed E-state index contributed by atoms with van der Waals surface area (Å²) >= 11 is 0. The van der Waals surface area contributed by atoms with E-state index in [1.165, 1.54) is 10.9 Å². The number of hydrogen-bond acceptors (Lipinski definition) is 2. The summed E-state index contributed by atoms with van der Waals surface area (Å²) < 4.78 is 14.8. The molecule has 2 unspecified atom stereocenters. The lowest BCUT2D eigenvalue weighted by molar-refractivity contribution is 0.439. The number of benzene rings is 1. The van der Waals surface area contributed by atoms with Crippen molar-refractivity contribution in [2.45, 2.75) is 39.2 Å². The Morgan fingerprint density at radius 2 is 2.08 bits per heavy atom. The third kappa shape index (κ3) is 2.35. The highest BCUT2D eigenvalue weighted by Crippen LogP contribution is 2.36. The van der Waals surface area contributed by atoms with Crippen molar-refractivity contribution in [3.8, 4) is 0 Å². The van der Waals surface area contributed by atoms with Crippen molar-refractivity contribution in [2.24, 2.45) is 0 Å². The van der Waals surface area contributed by atoms with Gasteiger partial charge in [0.25, 0.3) is 0 Å². The molecule has 3 nitrogen and oxygen atoms in total. The minimum Gasteiger partial charge on any atom is -0.357 e. The molecule has 0 spiro atoms. The molecule has 3 aromatic rings. The first-order valence-corrected chi connectivity index (χ1v) is 8.40. The minimum atomic E-state index is -0.390. The molecule has 5 heteroatoms.